The monoisotopic (exact) mass is 445 g/mol. The molecule has 2 aromatic rings. The summed E-state index contributed by atoms with van der Waals surface area (Å²) in [7, 11) is 3.13. The summed E-state index contributed by atoms with van der Waals surface area (Å²) in [6.07, 6.45) is 1.99. The Morgan fingerprint density at radius 2 is 1.78 bits per heavy atom. The average Bonchev–Trinajstić information content (AvgIpc) is 2.79. The lowest BCUT2D eigenvalue weighted by atomic mass is 9.93. The molecule has 3 amide bonds. The molecule has 9 heteroatoms. The van der Waals surface area contributed by atoms with Crippen LogP contribution >= 0.6 is 0 Å². The molecule has 0 heterocycles. The van der Waals surface area contributed by atoms with E-state index in [-0.39, 0.29) is 24.0 Å². The molecule has 3 rings (SSSR count). The Hall–Kier alpha value is -3.49. The van der Waals surface area contributed by atoms with E-state index in [2.05, 4.69) is 16.0 Å². The second kappa shape index (κ2) is 11.2. The Labute approximate surface area is 186 Å². The Kier molecular flexibility index (Phi) is 8.13. The zero-order chi connectivity index (χ0) is 22.9. The number of anilines is 1. The van der Waals surface area contributed by atoms with Crippen LogP contribution in [0.1, 0.15) is 31.2 Å². The minimum absolute atomic E-state index is 0.0993. The first kappa shape index (κ1) is 23.2. The first-order chi connectivity index (χ1) is 15.5. The van der Waals surface area contributed by atoms with Crippen LogP contribution in [0.25, 0.3) is 0 Å². The molecule has 0 saturated heterocycles. The highest BCUT2D eigenvalue weighted by Gasteiger charge is 2.26. The molecule has 2 atom stereocenters. The van der Waals surface area contributed by atoms with Crippen molar-refractivity contribution < 1.29 is 28.2 Å². The lowest BCUT2D eigenvalue weighted by molar-refractivity contribution is 0.0775. The molecule has 172 valence electrons. The Morgan fingerprint density at radius 3 is 2.50 bits per heavy atom. The zero-order valence-electron chi connectivity index (χ0n) is 18.2. The number of urea groups is 1. The molecule has 32 heavy (non-hydrogen) atoms. The van der Waals surface area contributed by atoms with Gasteiger partial charge in [0.2, 0.25) is 0 Å². The van der Waals surface area contributed by atoms with Crippen LogP contribution in [0.3, 0.4) is 0 Å². The number of methoxy groups -OCH3 is 2. The smallest absolute Gasteiger partial charge is 0.411 e. The van der Waals surface area contributed by atoms with Gasteiger partial charge in [-0.15, -0.1) is 0 Å². The molecule has 0 radical (unpaired) electrons. The normalized spacial score (nSPS) is 17.7. The molecule has 8 nitrogen and oxygen atoms in total. The number of halogens is 1. The average molecular weight is 445 g/mol. The molecule has 2 aromatic carbocycles. The molecular weight excluding hydrogens is 417 g/mol. The van der Waals surface area contributed by atoms with Crippen molar-refractivity contribution >= 4 is 17.8 Å². The third kappa shape index (κ3) is 6.76. The van der Waals surface area contributed by atoms with E-state index in [0.29, 0.717) is 30.2 Å². The fraction of sp³-hybridized carbons (Fsp3) is 0.391. The highest BCUT2D eigenvalue weighted by Crippen LogP contribution is 2.27. The number of hydrogen-bond donors (Lipinski definition) is 3. The maximum Gasteiger partial charge on any atom is 0.411 e. The summed E-state index contributed by atoms with van der Waals surface area (Å²) in [5.41, 5.74) is 1.33. The van der Waals surface area contributed by atoms with Crippen LogP contribution in [0, 0.1) is 5.82 Å². The number of hydrogen-bond acceptors (Lipinski definition) is 5. The van der Waals surface area contributed by atoms with Gasteiger partial charge in [-0.1, -0.05) is 6.07 Å². The molecule has 1 aliphatic carbocycles. The molecule has 1 aliphatic rings. The molecule has 1 saturated carbocycles. The second-order valence-electron chi connectivity index (χ2n) is 7.54. The van der Waals surface area contributed by atoms with Crippen molar-refractivity contribution in [1.29, 1.82) is 0 Å². The van der Waals surface area contributed by atoms with Crippen LogP contribution in [0.4, 0.5) is 19.7 Å². The first-order valence-corrected chi connectivity index (χ1v) is 10.4. The predicted molar refractivity (Wildman–Crippen MR) is 117 cm³/mol. The van der Waals surface area contributed by atoms with Crippen molar-refractivity contribution in [1.82, 2.24) is 10.6 Å². The van der Waals surface area contributed by atoms with Gasteiger partial charge in [0.25, 0.3) is 0 Å². The van der Waals surface area contributed by atoms with Gasteiger partial charge >= 0.3 is 12.1 Å². The van der Waals surface area contributed by atoms with Crippen molar-refractivity contribution in [3.05, 3.63) is 53.8 Å². The van der Waals surface area contributed by atoms with Crippen LogP contribution in [-0.2, 0) is 11.3 Å². The second-order valence-corrected chi connectivity index (χ2v) is 7.54. The zero-order valence-corrected chi connectivity index (χ0v) is 18.2. The van der Waals surface area contributed by atoms with Crippen LogP contribution in [0.2, 0.25) is 0 Å². The maximum atomic E-state index is 13.0. The van der Waals surface area contributed by atoms with E-state index in [0.717, 1.165) is 24.8 Å². The number of benzene rings is 2. The van der Waals surface area contributed by atoms with Gasteiger partial charge < -0.3 is 24.8 Å². The number of carbonyl (C=O) groups is 2. The van der Waals surface area contributed by atoms with E-state index in [9.17, 15) is 14.0 Å². The topological polar surface area (TPSA) is 97.9 Å². The number of nitrogens with one attached hydrogen (secondary N) is 3. The third-order valence-electron chi connectivity index (χ3n) is 5.23. The summed E-state index contributed by atoms with van der Waals surface area (Å²) in [5.74, 6) is 0.838. The van der Waals surface area contributed by atoms with Gasteiger partial charge in [0.1, 0.15) is 11.9 Å². The fourth-order valence-corrected chi connectivity index (χ4v) is 3.62. The van der Waals surface area contributed by atoms with Crippen LogP contribution in [0.5, 0.6) is 11.5 Å². The van der Waals surface area contributed by atoms with Crippen LogP contribution in [-0.4, -0.2) is 38.5 Å². The minimum Gasteiger partial charge on any atom is -0.493 e. The van der Waals surface area contributed by atoms with E-state index >= 15 is 0 Å². The number of rotatable bonds is 7. The minimum atomic E-state index is -0.597. The first-order valence-electron chi connectivity index (χ1n) is 10.4. The van der Waals surface area contributed by atoms with Crippen LogP contribution < -0.4 is 25.4 Å². The van der Waals surface area contributed by atoms with Gasteiger partial charge in [0.05, 0.1) is 14.2 Å². The number of carbonyl (C=O) groups excluding carboxylic acids is 2. The van der Waals surface area contributed by atoms with Crippen molar-refractivity contribution in [2.24, 2.45) is 0 Å². The van der Waals surface area contributed by atoms with E-state index in [1.165, 1.54) is 24.3 Å². The largest absolute Gasteiger partial charge is 0.493 e. The lowest BCUT2D eigenvalue weighted by Crippen LogP contribution is -2.45. The fourth-order valence-electron chi connectivity index (χ4n) is 3.62. The van der Waals surface area contributed by atoms with Gasteiger partial charge in [0, 0.05) is 24.7 Å². The molecular formula is C23H28FN3O5. The van der Waals surface area contributed by atoms with Gasteiger partial charge in [-0.05, 0) is 61.2 Å². The third-order valence-corrected chi connectivity index (χ3v) is 5.23. The molecule has 0 aliphatic heterocycles. The highest BCUT2D eigenvalue weighted by molar-refractivity contribution is 5.84. The van der Waals surface area contributed by atoms with E-state index in [4.69, 9.17) is 14.2 Å². The summed E-state index contributed by atoms with van der Waals surface area (Å²) in [4.78, 5) is 24.4. The summed E-state index contributed by atoms with van der Waals surface area (Å²) < 4.78 is 28.9. The van der Waals surface area contributed by atoms with E-state index in [1.807, 2.05) is 12.1 Å². The molecule has 0 spiro atoms. The van der Waals surface area contributed by atoms with E-state index < -0.39 is 6.09 Å². The van der Waals surface area contributed by atoms with E-state index in [1.54, 1.807) is 20.3 Å². The van der Waals surface area contributed by atoms with Crippen molar-refractivity contribution in [2.45, 2.75) is 44.4 Å². The molecule has 1 fully saturated rings. The molecule has 0 unspecified atom stereocenters. The van der Waals surface area contributed by atoms with Crippen LogP contribution in [0.15, 0.2) is 42.5 Å². The summed E-state index contributed by atoms with van der Waals surface area (Å²) in [6, 6.07) is 10.5. The van der Waals surface area contributed by atoms with Gasteiger partial charge in [-0.25, -0.2) is 14.0 Å². The quantitative estimate of drug-likeness (QED) is 0.593. The van der Waals surface area contributed by atoms with Crippen molar-refractivity contribution in [3.8, 4) is 11.5 Å². The summed E-state index contributed by atoms with van der Waals surface area (Å²) in [5, 5.41) is 8.35. The lowest BCUT2D eigenvalue weighted by Gasteiger charge is -2.29. The molecule has 0 bridgehead atoms. The van der Waals surface area contributed by atoms with Crippen molar-refractivity contribution in [2.75, 3.05) is 19.5 Å². The maximum absolute atomic E-state index is 13.0. The SMILES string of the molecule is COc1ccc(CNC(=O)N[C@@H]2CCC[C@H](OC(=O)Nc3ccc(F)cc3)C2)cc1OC. The molecule has 3 N–H and O–H groups in total. The van der Waals surface area contributed by atoms with Crippen molar-refractivity contribution in [3.63, 3.8) is 0 Å². The summed E-state index contributed by atoms with van der Waals surface area (Å²) >= 11 is 0. The number of ether oxygens (including phenoxy) is 3. The Morgan fingerprint density at radius 1 is 1.03 bits per heavy atom. The highest BCUT2D eigenvalue weighted by atomic mass is 19.1. The standard InChI is InChI=1S/C23H28FN3O5/c1-30-20-11-6-15(12-21(20)31-2)14-25-22(28)26-18-4-3-5-19(13-18)32-23(29)27-17-9-7-16(24)8-10-17/h6-12,18-19H,3-5,13-14H2,1-2H3,(H,27,29)(H2,25,26,28)/t18-,19+/m1/s1. The van der Waals surface area contributed by atoms with Gasteiger partial charge in [-0.2, -0.15) is 0 Å². The summed E-state index contributed by atoms with van der Waals surface area (Å²) in [6.45, 7) is 0.332. The molecule has 0 aromatic heterocycles. The van der Waals surface area contributed by atoms with Gasteiger partial charge in [0.15, 0.2) is 11.5 Å². The predicted octanol–water partition coefficient (Wildman–Crippen LogP) is 4.20. The van der Waals surface area contributed by atoms with Gasteiger partial charge in [-0.3, -0.25) is 5.32 Å². The number of amides is 3. The Balaban J connectivity index is 1.43. The Bertz CT molecular complexity index is 922.